The van der Waals surface area contributed by atoms with Gasteiger partial charge >= 0.3 is 0 Å². The van der Waals surface area contributed by atoms with E-state index < -0.39 is 5.91 Å². The first-order valence-corrected chi connectivity index (χ1v) is 9.14. The van der Waals surface area contributed by atoms with Crippen LogP contribution in [0.3, 0.4) is 0 Å². The molecule has 0 spiro atoms. The second-order valence-electron chi connectivity index (χ2n) is 6.66. The second kappa shape index (κ2) is 8.00. The summed E-state index contributed by atoms with van der Waals surface area (Å²) >= 11 is 0. The third kappa shape index (κ3) is 4.09. The van der Waals surface area contributed by atoms with Crippen molar-refractivity contribution in [3.05, 3.63) is 77.5 Å². The van der Waals surface area contributed by atoms with Gasteiger partial charge in [0.1, 0.15) is 11.6 Å². The van der Waals surface area contributed by atoms with E-state index in [0.29, 0.717) is 0 Å². The van der Waals surface area contributed by atoms with E-state index >= 15 is 0 Å². The Bertz CT molecular complexity index is 1250. The van der Waals surface area contributed by atoms with Gasteiger partial charge in [0, 0.05) is 18.9 Å². The number of benzene rings is 1. The van der Waals surface area contributed by atoms with Crippen LogP contribution in [0.2, 0.25) is 0 Å². The molecule has 3 heterocycles. The Kier molecular flexibility index (Phi) is 5.08. The lowest BCUT2D eigenvalue weighted by atomic mass is 10.2. The van der Waals surface area contributed by atoms with Crippen molar-refractivity contribution < 1.29 is 14.7 Å². The number of carbonyl (C=O) groups excluding carboxylic acids is 2. The van der Waals surface area contributed by atoms with Crippen LogP contribution in [0.25, 0.3) is 11.0 Å². The predicted octanol–water partition coefficient (Wildman–Crippen LogP) is 2.55. The van der Waals surface area contributed by atoms with Crippen LogP contribution >= 0.6 is 0 Å². The highest BCUT2D eigenvalue weighted by Crippen LogP contribution is 2.16. The van der Waals surface area contributed by atoms with Gasteiger partial charge in [0.2, 0.25) is 0 Å². The Hall–Kier alpha value is -4.27. The molecule has 4 aromatic rings. The average Bonchev–Trinajstić information content (AvgIpc) is 3.16. The maximum Gasteiger partial charge on any atom is 0.287 e. The third-order valence-electron chi connectivity index (χ3n) is 4.37. The van der Waals surface area contributed by atoms with E-state index in [0.717, 1.165) is 22.2 Å². The molecule has 3 aromatic heterocycles. The van der Waals surface area contributed by atoms with Gasteiger partial charge in [-0.15, -0.1) is 0 Å². The summed E-state index contributed by atoms with van der Waals surface area (Å²) in [5, 5.41) is 15.1. The van der Waals surface area contributed by atoms with E-state index in [-0.39, 0.29) is 35.5 Å². The fraction of sp³-hybridized carbons (Fsp3) is 0.0952. The van der Waals surface area contributed by atoms with Crippen molar-refractivity contribution in [2.45, 2.75) is 13.5 Å². The number of hydrogen-bond donors (Lipinski definition) is 4. The number of aromatic nitrogens is 4. The molecule has 0 radical (unpaired) electrons. The number of H-pyrrole nitrogens is 1. The minimum Gasteiger partial charge on any atom is -0.505 e. The standard InChI is InChI=1S/C21H18N6O3/c1-12-4-5-14-15(9-12)26-19(25-14)21(30)24-11-13-6-8-22-17(10-13)27-20(29)18-16(28)3-2-7-23-18/h2-10,28H,11H2,1H3,(H,24,30)(H,25,26)(H,22,27,29). The first-order chi connectivity index (χ1) is 14.5. The Morgan fingerprint density at radius 1 is 1.07 bits per heavy atom. The molecule has 2 amide bonds. The maximum atomic E-state index is 12.4. The van der Waals surface area contributed by atoms with Crippen molar-refractivity contribution in [3.63, 3.8) is 0 Å². The molecule has 9 heteroatoms. The van der Waals surface area contributed by atoms with Crippen LogP contribution in [0.15, 0.2) is 54.9 Å². The number of aromatic hydroxyl groups is 1. The number of imidazole rings is 1. The fourth-order valence-electron chi connectivity index (χ4n) is 2.90. The van der Waals surface area contributed by atoms with Crippen LogP contribution in [0, 0.1) is 6.92 Å². The monoisotopic (exact) mass is 402 g/mol. The molecule has 0 atom stereocenters. The van der Waals surface area contributed by atoms with E-state index in [4.69, 9.17) is 0 Å². The molecule has 0 unspecified atom stereocenters. The lowest BCUT2D eigenvalue weighted by Crippen LogP contribution is -2.24. The molecule has 4 rings (SSSR count). The Morgan fingerprint density at radius 2 is 1.93 bits per heavy atom. The largest absolute Gasteiger partial charge is 0.505 e. The van der Waals surface area contributed by atoms with Gasteiger partial charge in [-0.1, -0.05) is 6.07 Å². The molecule has 0 fully saturated rings. The smallest absolute Gasteiger partial charge is 0.287 e. The summed E-state index contributed by atoms with van der Waals surface area (Å²) in [6.07, 6.45) is 2.92. The topological polar surface area (TPSA) is 133 Å². The lowest BCUT2D eigenvalue weighted by molar-refractivity contribution is 0.0940. The fourth-order valence-corrected chi connectivity index (χ4v) is 2.90. The van der Waals surface area contributed by atoms with Crippen molar-refractivity contribution in [1.29, 1.82) is 0 Å². The summed E-state index contributed by atoms with van der Waals surface area (Å²) in [6.45, 7) is 2.18. The number of nitrogens with one attached hydrogen (secondary N) is 3. The van der Waals surface area contributed by atoms with Gasteiger partial charge < -0.3 is 20.7 Å². The molecule has 150 valence electrons. The van der Waals surface area contributed by atoms with Crippen LogP contribution in [0.5, 0.6) is 5.75 Å². The third-order valence-corrected chi connectivity index (χ3v) is 4.37. The zero-order valence-electron chi connectivity index (χ0n) is 16.0. The molecule has 0 aliphatic carbocycles. The predicted molar refractivity (Wildman–Crippen MR) is 110 cm³/mol. The van der Waals surface area contributed by atoms with Crippen molar-refractivity contribution in [2.24, 2.45) is 0 Å². The minimum atomic E-state index is -0.584. The van der Waals surface area contributed by atoms with E-state index in [1.54, 1.807) is 12.1 Å². The lowest BCUT2D eigenvalue weighted by Gasteiger charge is -2.08. The van der Waals surface area contributed by atoms with Crippen LogP contribution in [0.4, 0.5) is 5.82 Å². The number of rotatable bonds is 5. The molecule has 9 nitrogen and oxygen atoms in total. The first kappa shape index (κ1) is 19.1. The number of nitrogens with zero attached hydrogens (tertiary/aromatic N) is 3. The normalized spacial score (nSPS) is 10.7. The molecule has 0 bridgehead atoms. The van der Waals surface area contributed by atoms with Crippen molar-refractivity contribution in [3.8, 4) is 5.75 Å². The summed E-state index contributed by atoms with van der Waals surface area (Å²) in [7, 11) is 0. The number of hydrogen-bond acceptors (Lipinski definition) is 6. The zero-order chi connectivity index (χ0) is 21.1. The minimum absolute atomic E-state index is 0.0990. The van der Waals surface area contributed by atoms with Gasteiger partial charge in [-0.3, -0.25) is 9.59 Å². The van der Waals surface area contributed by atoms with Gasteiger partial charge in [0.25, 0.3) is 11.8 Å². The molecule has 0 aliphatic heterocycles. The molecular weight excluding hydrogens is 384 g/mol. The molecule has 0 aliphatic rings. The molecule has 4 N–H and O–H groups in total. The number of carbonyl (C=O) groups is 2. The van der Waals surface area contributed by atoms with Crippen LogP contribution in [-0.2, 0) is 6.54 Å². The van der Waals surface area contributed by atoms with Crippen molar-refractivity contribution in [1.82, 2.24) is 25.3 Å². The maximum absolute atomic E-state index is 12.4. The second-order valence-corrected chi connectivity index (χ2v) is 6.66. The van der Waals surface area contributed by atoms with Crippen LogP contribution in [0.1, 0.15) is 32.2 Å². The summed E-state index contributed by atoms with van der Waals surface area (Å²) in [6, 6.07) is 12.0. The molecule has 0 saturated heterocycles. The Labute approximate surface area is 171 Å². The molecule has 30 heavy (non-hydrogen) atoms. The van der Waals surface area contributed by atoms with Crippen molar-refractivity contribution >= 4 is 28.7 Å². The summed E-state index contributed by atoms with van der Waals surface area (Å²) in [4.78, 5) is 39.9. The van der Waals surface area contributed by atoms with Crippen molar-refractivity contribution in [2.75, 3.05) is 5.32 Å². The van der Waals surface area contributed by atoms with E-state index in [9.17, 15) is 14.7 Å². The number of pyridine rings is 2. The number of aromatic amines is 1. The van der Waals surface area contributed by atoms with Crippen LogP contribution < -0.4 is 10.6 Å². The Morgan fingerprint density at radius 3 is 2.77 bits per heavy atom. The highest BCUT2D eigenvalue weighted by atomic mass is 16.3. The summed E-state index contributed by atoms with van der Waals surface area (Å²) in [5.41, 5.74) is 3.22. The van der Waals surface area contributed by atoms with Gasteiger partial charge in [-0.2, -0.15) is 0 Å². The Balaban J connectivity index is 1.42. The van der Waals surface area contributed by atoms with Gasteiger partial charge in [-0.25, -0.2) is 15.0 Å². The molecule has 1 aromatic carbocycles. The number of fused-ring (bicyclic) bond motifs is 1. The zero-order valence-corrected chi connectivity index (χ0v) is 16.0. The number of aryl methyl sites for hydroxylation is 1. The van der Waals surface area contributed by atoms with E-state index in [2.05, 4.69) is 30.6 Å². The molecular formula is C21H18N6O3. The summed E-state index contributed by atoms with van der Waals surface area (Å²) < 4.78 is 0. The highest BCUT2D eigenvalue weighted by Gasteiger charge is 2.14. The quantitative estimate of drug-likeness (QED) is 0.405. The van der Waals surface area contributed by atoms with E-state index in [1.807, 2.05) is 25.1 Å². The SMILES string of the molecule is Cc1ccc2nc(C(=O)NCc3ccnc(NC(=O)c4ncccc4O)c3)[nH]c2c1. The van der Waals surface area contributed by atoms with Gasteiger partial charge in [-0.05, 0) is 54.4 Å². The highest BCUT2D eigenvalue weighted by molar-refractivity contribution is 6.04. The number of amides is 2. The van der Waals surface area contributed by atoms with E-state index in [1.165, 1.54) is 24.5 Å². The number of anilines is 1. The van der Waals surface area contributed by atoms with Crippen LogP contribution in [-0.4, -0.2) is 36.9 Å². The van der Waals surface area contributed by atoms with Gasteiger partial charge in [0.15, 0.2) is 11.5 Å². The first-order valence-electron chi connectivity index (χ1n) is 9.14. The van der Waals surface area contributed by atoms with Gasteiger partial charge in [0.05, 0.1) is 11.0 Å². The average molecular weight is 402 g/mol. The summed E-state index contributed by atoms with van der Waals surface area (Å²) in [5.74, 6) is -0.650. The molecule has 0 saturated carbocycles.